The van der Waals surface area contributed by atoms with Gasteiger partial charge in [0.25, 0.3) is 11.8 Å². The third kappa shape index (κ3) is 2.32. The molecule has 4 nitrogen and oxygen atoms in total. The molecule has 0 radical (unpaired) electrons. The maximum Gasteiger partial charge on any atom is 0.296 e. The summed E-state index contributed by atoms with van der Waals surface area (Å²) in [5.41, 5.74) is 2.93. The number of hydrogen-bond donors (Lipinski definition) is 1. The van der Waals surface area contributed by atoms with E-state index in [1.54, 1.807) is 6.07 Å². The van der Waals surface area contributed by atoms with Crippen molar-refractivity contribution in [1.82, 2.24) is 4.90 Å². The Morgan fingerprint density at radius 3 is 2.32 bits per heavy atom. The number of carbonyl (C=O) groups is 2. The number of benzene rings is 1. The molecule has 4 heteroatoms. The minimum atomic E-state index is -0.537. The van der Waals surface area contributed by atoms with Gasteiger partial charge in [0.15, 0.2) is 5.76 Å². The van der Waals surface area contributed by atoms with Gasteiger partial charge >= 0.3 is 0 Å². The zero-order chi connectivity index (χ0) is 15.9. The number of rotatable bonds is 2. The lowest BCUT2D eigenvalue weighted by Gasteiger charge is -2.29. The summed E-state index contributed by atoms with van der Waals surface area (Å²) in [6, 6.07) is 5.49. The van der Waals surface area contributed by atoms with Crippen LogP contribution in [0.4, 0.5) is 0 Å². The monoisotopic (exact) mass is 299 g/mol. The zero-order valence-corrected chi connectivity index (χ0v) is 13.1. The fraction of sp³-hybridized carbons (Fsp3) is 0.444. The van der Waals surface area contributed by atoms with Crippen LogP contribution in [0.2, 0.25) is 0 Å². The van der Waals surface area contributed by atoms with Crippen LogP contribution in [0.25, 0.3) is 5.57 Å². The maximum atomic E-state index is 12.7. The van der Waals surface area contributed by atoms with Gasteiger partial charge in [-0.05, 0) is 43.4 Å². The minimum absolute atomic E-state index is 0.0695. The topological polar surface area (TPSA) is 57.6 Å². The van der Waals surface area contributed by atoms with Crippen LogP contribution in [-0.2, 0) is 9.59 Å². The summed E-state index contributed by atoms with van der Waals surface area (Å²) in [6.45, 7) is 3.94. The molecule has 3 rings (SSSR count). The van der Waals surface area contributed by atoms with E-state index in [4.69, 9.17) is 0 Å². The van der Waals surface area contributed by atoms with Crippen molar-refractivity contribution < 1.29 is 14.7 Å². The Morgan fingerprint density at radius 1 is 1.00 bits per heavy atom. The first-order chi connectivity index (χ1) is 10.5. The van der Waals surface area contributed by atoms with Crippen LogP contribution in [0.15, 0.2) is 24.0 Å². The van der Waals surface area contributed by atoms with Gasteiger partial charge < -0.3 is 5.11 Å². The van der Waals surface area contributed by atoms with Gasteiger partial charge in [-0.15, -0.1) is 0 Å². The average Bonchev–Trinajstić information content (AvgIpc) is 2.73. The fourth-order valence-corrected chi connectivity index (χ4v) is 3.36. The van der Waals surface area contributed by atoms with Crippen LogP contribution in [0.1, 0.15) is 48.8 Å². The molecule has 0 aromatic heterocycles. The first-order valence-electron chi connectivity index (χ1n) is 7.89. The van der Waals surface area contributed by atoms with Crippen molar-refractivity contribution in [3.8, 4) is 0 Å². The minimum Gasteiger partial charge on any atom is -0.502 e. The second-order valence-corrected chi connectivity index (χ2v) is 6.29. The molecule has 0 saturated heterocycles. The summed E-state index contributed by atoms with van der Waals surface area (Å²) in [5, 5.41) is 10.2. The molecule has 22 heavy (non-hydrogen) atoms. The van der Waals surface area contributed by atoms with E-state index in [-0.39, 0.29) is 17.5 Å². The van der Waals surface area contributed by atoms with Crippen molar-refractivity contribution >= 4 is 17.4 Å². The highest BCUT2D eigenvalue weighted by Crippen LogP contribution is 2.34. The summed E-state index contributed by atoms with van der Waals surface area (Å²) < 4.78 is 0. The van der Waals surface area contributed by atoms with Crippen LogP contribution in [-0.4, -0.2) is 27.9 Å². The first kappa shape index (κ1) is 14.8. The van der Waals surface area contributed by atoms with Crippen LogP contribution in [0.5, 0.6) is 0 Å². The molecule has 0 bridgehead atoms. The normalized spacial score (nSPS) is 20.2. The predicted octanol–water partition coefficient (Wildman–Crippen LogP) is 3.27. The van der Waals surface area contributed by atoms with Gasteiger partial charge in [-0.25, -0.2) is 0 Å². The summed E-state index contributed by atoms with van der Waals surface area (Å²) >= 11 is 0. The molecule has 1 N–H and O–H groups in total. The van der Waals surface area contributed by atoms with Crippen LogP contribution >= 0.6 is 0 Å². The molecule has 2 aliphatic rings. The molecular formula is C18H21NO3. The van der Waals surface area contributed by atoms with Crippen molar-refractivity contribution in [2.24, 2.45) is 0 Å². The molecule has 116 valence electrons. The van der Waals surface area contributed by atoms with Gasteiger partial charge in [-0.2, -0.15) is 0 Å². The number of aliphatic hydroxyl groups excluding tert-OH is 1. The molecule has 0 spiro atoms. The Balaban J connectivity index is 1.96. The smallest absolute Gasteiger partial charge is 0.296 e. The number of imide groups is 1. The van der Waals surface area contributed by atoms with Gasteiger partial charge in [0.1, 0.15) is 0 Å². The molecule has 1 aliphatic heterocycles. The number of amides is 2. The largest absolute Gasteiger partial charge is 0.502 e. The Hall–Kier alpha value is -2.10. The molecule has 1 fully saturated rings. The quantitative estimate of drug-likeness (QED) is 0.853. The highest BCUT2D eigenvalue weighted by atomic mass is 16.3. The van der Waals surface area contributed by atoms with Crippen LogP contribution in [0, 0.1) is 13.8 Å². The van der Waals surface area contributed by atoms with E-state index in [0.29, 0.717) is 5.56 Å². The Labute approximate surface area is 130 Å². The van der Waals surface area contributed by atoms with Gasteiger partial charge in [-0.3, -0.25) is 14.5 Å². The number of nitrogens with zero attached hydrogens (tertiary/aromatic N) is 1. The van der Waals surface area contributed by atoms with E-state index in [1.165, 1.54) is 4.90 Å². The van der Waals surface area contributed by atoms with E-state index in [9.17, 15) is 14.7 Å². The molecular weight excluding hydrogens is 278 g/mol. The molecule has 0 atom stereocenters. The SMILES string of the molecule is Cc1ccc(C2=C(O)C(=O)N(C3CCCCC3)C2=O)cc1C. The van der Waals surface area contributed by atoms with E-state index >= 15 is 0 Å². The standard InChI is InChI=1S/C18H21NO3/c1-11-8-9-13(10-12(11)2)15-16(20)18(22)19(17(15)21)14-6-4-3-5-7-14/h8-10,14,20H,3-7H2,1-2H3. The highest BCUT2D eigenvalue weighted by molar-refractivity contribution is 6.35. The molecule has 1 aliphatic carbocycles. The van der Waals surface area contributed by atoms with Crippen molar-refractivity contribution in [2.75, 3.05) is 0 Å². The van der Waals surface area contributed by atoms with E-state index < -0.39 is 11.7 Å². The number of aliphatic hydroxyl groups is 1. The summed E-state index contributed by atoms with van der Waals surface area (Å²) in [5.74, 6) is -1.29. The van der Waals surface area contributed by atoms with Crippen LogP contribution < -0.4 is 0 Å². The van der Waals surface area contributed by atoms with Crippen molar-refractivity contribution in [2.45, 2.75) is 52.0 Å². The first-order valence-corrected chi connectivity index (χ1v) is 7.89. The molecule has 1 heterocycles. The van der Waals surface area contributed by atoms with Gasteiger partial charge in [0, 0.05) is 6.04 Å². The lowest BCUT2D eigenvalue weighted by atomic mass is 9.94. The summed E-state index contributed by atoms with van der Waals surface area (Å²) in [4.78, 5) is 26.3. The number of aryl methyl sites for hydroxylation is 2. The van der Waals surface area contributed by atoms with Crippen molar-refractivity contribution in [3.63, 3.8) is 0 Å². The number of hydrogen-bond acceptors (Lipinski definition) is 3. The lowest BCUT2D eigenvalue weighted by Crippen LogP contribution is -2.42. The average molecular weight is 299 g/mol. The van der Waals surface area contributed by atoms with Gasteiger partial charge in [0.05, 0.1) is 5.57 Å². The van der Waals surface area contributed by atoms with Gasteiger partial charge in [0.2, 0.25) is 0 Å². The summed E-state index contributed by atoms with van der Waals surface area (Å²) in [7, 11) is 0. The Morgan fingerprint density at radius 2 is 1.68 bits per heavy atom. The highest BCUT2D eigenvalue weighted by Gasteiger charge is 2.43. The molecule has 1 aromatic carbocycles. The van der Waals surface area contributed by atoms with Crippen molar-refractivity contribution in [1.29, 1.82) is 0 Å². The molecule has 1 saturated carbocycles. The zero-order valence-electron chi connectivity index (χ0n) is 13.1. The van der Waals surface area contributed by atoms with Crippen molar-refractivity contribution in [3.05, 3.63) is 40.6 Å². The van der Waals surface area contributed by atoms with Gasteiger partial charge in [-0.1, -0.05) is 37.5 Å². The Kier molecular flexibility index (Phi) is 3.77. The third-order valence-electron chi connectivity index (χ3n) is 4.83. The van der Waals surface area contributed by atoms with E-state index in [2.05, 4.69) is 0 Å². The second kappa shape index (κ2) is 5.59. The molecule has 2 amide bonds. The Bertz CT molecular complexity index is 669. The predicted molar refractivity (Wildman–Crippen MR) is 84.2 cm³/mol. The van der Waals surface area contributed by atoms with Crippen LogP contribution in [0.3, 0.4) is 0 Å². The maximum absolute atomic E-state index is 12.7. The number of carbonyl (C=O) groups excluding carboxylic acids is 2. The van der Waals surface area contributed by atoms with E-state index in [0.717, 1.165) is 43.2 Å². The molecule has 1 aromatic rings. The van der Waals surface area contributed by atoms with E-state index in [1.807, 2.05) is 26.0 Å². The molecule has 0 unspecified atom stereocenters. The second-order valence-electron chi connectivity index (χ2n) is 6.29. The fourth-order valence-electron chi connectivity index (χ4n) is 3.36. The lowest BCUT2D eigenvalue weighted by molar-refractivity contribution is -0.141. The third-order valence-corrected chi connectivity index (χ3v) is 4.83. The summed E-state index contributed by atoms with van der Waals surface area (Å²) in [6.07, 6.45) is 4.88.